The number of hydrogen-bond acceptors (Lipinski definition) is 6. The lowest BCUT2D eigenvalue weighted by Crippen LogP contribution is -2.55. The number of H-pyrrole nitrogens is 2. The zero-order valence-corrected chi connectivity index (χ0v) is 16.8. The number of carbonyl (C=O) groups is 2. The van der Waals surface area contributed by atoms with Gasteiger partial charge in [0.2, 0.25) is 0 Å². The number of nitrogens with zero attached hydrogens (tertiary/aromatic N) is 1. The minimum absolute atomic E-state index is 0.0466. The fourth-order valence-electron chi connectivity index (χ4n) is 3.96. The highest BCUT2D eigenvalue weighted by Gasteiger charge is 2.39. The number of carbonyl (C=O) groups excluding carboxylic acids is 2. The molecule has 0 aliphatic carbocycles. The molecule has 2 atom stereocenters. The largest absolute Gasteiger partial charge is 0.494 e. The van der Waals surface area contributed by atoms with Crippen LogP contribution in [-0.4, -0.2) is 57.4 Å². The van der Waals surface area contributed by atoms with Crippen LogP contribution in [0.5, 0.6) is 5.88 Å². The number of hydrogen-bond donors (Lipinski definition) is 6. The molecule has 5 rings (SSSR count). The molecular formula is C22H21N5O5. The highest BCUT2D eigenvalue weighted by Crippen LogP contribution is 2.29. The number of aliphatic hydroxyl groups excluding tert-OH is 1. The molecule has 7 N–H and O–H groups in total. The van der Waals surface area contributed by atoms with E-state index in [1.165, 1.54) is 4.90 Å². The lowest BCUT2D eigenvalue weighted by atomic mass is 10.1. The van der Waals surface area contributed by atoms with E-state index >= 15 is 0 Å². The Hall–Kier alpha value is -4.02. The Morgan fingerprint density at radius 3 is 2.75 bits per heavy atom. The number of nitrogen functional groups attached to an aromatic ring is 1. The number of aromatic amines is 2. The van der Waals surface area contributed by atoms with Crippen LogP contribution in [0.25, 0.3) is 21.5 Å². The van der Waals surface area contributed by atoms with Crippen LogP contribution < -0.4 is 16.0 Å². The molecule has 0 spiro atoms. The lowest BCUT2D eigenvalue weighted by Gasteiger charge is -2.34. The van der Waals surface area contributed by atoms with E-state index in [1.54, 1.807) is 48.8 Å². The van der Waals surface area contributed by atoms with Gasteiger partial charge in [-0.05, 0) is 36.4 Å². The molecule has 2 amide bonds. The van der Waals surface area contributed by atoms with Gasteiger partial charge >= 0.3 is 0 Å². The fraction of sp³-hybridized carbons (Fsp3) is 0.182. The molecule has 0 saturated carbocycles. The second-order valence-electron chi connectivity index (χ2n) is 7.63. The van der Waals surface area contributed by atoms with Crippen LogP contribution in [0.3, 0.4) is 0 Å². The van der Waals surface area contributed by atoms with Gasteiger partial charge in [0.1, 0.15) is 5.82 Å². The van der Waals surface area contributed by atoms with Crippen molar-refractivity contribution in [3.05, 3.63) is 48.8 Å². The van der Waals surface area contributed by atoms with Gasteiger partial charge in [0.05, 0.1) is 6.61 Å². The summed E-state index contributed by atoms with van der Waals surface area (Å²) in [5, 5.41) is 26.0. The van der Waals surface area contributed by atoms with Crippen LogP contribution in [0.4, 0.5) is 17.2 Å². The van der Waals surface area contributed by atoms with E-state index < -0.39 is 24.0 Å². The molecule has 1 fully saturated rings. The summed E-state index contributed by atoms with van der Waals surface area (Å²) in [5.41, 5.74) is 6.86. The van der Waals surface area contributed by atoms with Crippen molar-refractivity contribution in [1.82, 2.24) is 9.97 Å². The Labute approximate surface area is 181 Å². The van der Waals surface area contributed by atoms with Crippen LogP contribution in [0.2, 0.25) is 0 Å². The van der Waals surface area contributed by atoms with E-state index in [-0.39, 0.29) is 19.0 Å². The first kappa shape index (κ1) is 19.9. The Bertz CT molecular complexity index is 1340. The van der Waals surface area contributed by atoms with Crippen molar-refractivity contribution in [2.75, 3.05) is 29.1 Å². The van der Waals surface area contributed by atoms with E-state index in [4.69, 9.17) is 10.5 Å². The molecular weight excluding hydrogens is 414 g/mol. The Balaban J connectivity index is 1.33. The number of fused-ring (bicyclic) bond motifs is 2. The number of rotatable bonds is 4. The molecule has 4 aromatic rings. The van der Waals surface area contributed by atoms with Gasteiger partial charge in [-0.1, -0.05) is 0 Å². The highest BCUT2D eigenvalue weighted by atomic mass is 16.5. The maximum absolute atomic E-state index is 13.0. The molecule has 32 heavy (non-hydrogen) atoms. The van der Waals surface area contributed by atoms with E-state index in [0.29, 0.717) is 22.6 Å². The smallest absolute Gasteiger partial charge is 0.259 e. The highest BCUT2D eigenvalue weighted by molar-refractivity contribution is 6.05. The lowest BCUT2D eigenvalue weighted by molar-refractivity contribution is -0.150. The topological polar surface area (TPSA) is 157 Å². The number of ether oxygens (including phenoxy) is 1. The summed E-state index contributed by atoms with van der Waals surface area (Å²) in [4.78, 5) is 32.8. The summed E-state index contributed by atoms with van der Waals surface area (Å²) in [6.07, 6.45) is 0.306. The Morgan fingerprint density at radius 2 is 1.91 bits per heavy atom. The first-order chi connectivity index (χ1) is 15.4. The van der Waals surface area contributed by atoms with Crippen molar-refractivity contribution in [3.8, 4) is 5.88 Å². The molecule has 1 saturated heterocycles. The van der Waals surface area contributed by atoms with Crippen LogP contribution in [0, 0.1) is 0 Å². The van der Waals surface area contributed by atoms with Crippen LogP contribution >= 0.6 is 0 Å². The first-order valence-corrected chi connectivity index (χ1v) is 10.0. The predicted octanol–water partition coefficient (Wildman–Crippen LogP) is 1.67. The second kappa shape index (κ2) is 7.59. The number of anilines is 3. The van der Waals surface area contributed by atoms with Crippen molar-refractivity contribution in [3.63, 3.8) is 0 Å². The van der Waals surface area contributed by atoms with Crippen molar-refractivity contribution in [1.29, 1.82) is 0 Å². The maximum atomic E-state index is 13.0. The summed E-state index contributed by atoms with van der Waals surface area (Å²) in [7, 11) is 0. The molecule has 0 radical (unpaired) electrons. The molecule has 10 nitrogen and oxygen atoms in total. The minimum atomic E-state index is -1.70. The number of aromatic hydroxyl groups is 1. The number of benzene rings is 2. The summed E-state index contributed by atoms with van der Waals surface area (Å²) in [6, 6.07) is 10.3. The molecule has 1 aliphatic heterocycles. The monoisotopic (exact) mass is 435 g/mol. The minimum Gasteiger partial charge on any atom is -0.494 e. The number of morpholine rings is 1. The van der Waals surface area contributed by atoms with Gasteiger partial charge < -0.3 is 40.9 Å². The molecule has 164 valence electrons. The zero-order valence-electron chi connectivity index (χ0n) is 16.8. The predicted molar refractivity (Wildman–Crippen MR) is 119 cm³/mol. The Morgan fingerprint density at radius 1 is 1.16 bits per heavy atom. The second-order valence-corrected chi connectivity index (χ2v) is 7.63. The fourth-order valence-corrected chi connectivity index (χ4v) is 3.96. The molecule has 3 heterocycles. The van der Waals surface area contributed by atoms with Crippen molar-refractivity contribution >= 4 is 50.6 Å². The Kier molecular flexibility index (Phi) is 4.72. The normalized spacial score (nSPS) is 17.7. The molecule has 2 aromatic heterocycles. The van der Waals surface area contributed by atoms with E-state index in [1.807, 2.05) is 0 Å². The standard InChI is InChI=1S/C22H21N5O5/c23-19-15-3-1-13(7-11(15)9-24-19)26-21(30)17(28)18-22(31)27(5-6-32-18)14-2-4-16-12(8-14)10-25-20(16)29/h1-4,7-10,17-18,24-25,28-29H,5-6,23H2,(H,26,30)/t17-,18-/m1/s1. The van der Waals surface area contributed by atoms with Crippen molar-refractivity contribution < 1.29 is 24.5 Å². The third-order valence-corrected chi connectivity index (χ3v) is 5.64. The number of nitrogens with two attached hydrogens (primary N) is 1. The maximum Gasteiger partial charge on any atom is 0.259 e. The molecule has 10 heteroatoms. The summed E-state index contributed by atoms with van der Waals surface area (Å²) in [5.74, 6) is -0.705. The summed E-state index contributed by atoms with van der Waals surface area (Å²) >= 11 is 0. The van der Waals surface area contributed by atoms with Gasteiger partial charge in [0.25, 0.3) is 11.8 Å². The number of aliphatic hydroxyl groups is 1. The first-order valence-electron chi connectivity index (χ1n) is 10.0. The van der Waals surface area contributed by atoms with E-state index in [2.05, 4.69) is 15.3 Å². The van der Waals surface area contributed by atoms with Gasteiger partial charge in [0, 0.05) is 51.9 Å². The van der Waals surface area contributed by atoms with Gasteiger partial charge in [0.15, 0.2) is 18.1 Å². The number of amides is 2. The van der Waals surface area contributed by atoms with Crippen molar-refractivity contribution in [2.24, 2.45) is 0 Å². The third-order valence-electron chi connectivity index (χ3n) is 5.64. The molecule has 2 aromatic carbocycles. The van der Waals surface area contributed by atoms with Gasteiger partial charge in [-0.2, -0.15) is 0 Å². The SMILES string of the molecule is Nc1[nH]cc2cc(NC(=O)[C@H](O)[C@H]3OCCN(c4ccc5c(O)[nH]cc5c4)C3=O)ccc12. The van der Waals surface area contributed by atoms with Gasteiger partial charge in [-0.3, -0.25) is 9.59 Å². The van der Waals surface area contributed by atoms with Crippen molar-refractivity contribution in [2.45, 2.75) is 12.2 Å². The van der Waals surface area contributed by atoms with Gasteiger partial charge in [-0.15, -0.1) is 0 Å². The number of nitrogens with one attached hydrogen (secondary N) is 3. The van der Waals surface area contributed by atoms with Crippen LogP contribution in [-0.2, 0) is 14.3 Å². The van der Waals surface area contributed by atoms with E-state index in [9.17, 15) is 19.8 Å². The number of aromatic nitrogens is 2. The van der Waals surface area contributed by atoms with Crippen LogP contribution in [0.1, 0.15) is 0 Å². The third kappa shape index (κ3) is 3.31. The zero-order chi connectivity index (χ0) is 22.4. The quantitative estimate of drug-likeness (QED) is 0.286. The average Bonchev–Trinajstić information content (AvgIpc) is 3.35. The molecule has 1 aliphatic rings. The van der Waals surface area contributed by atoms with Gasteiger partial charge in [-0.25, -0.2) is 0 Å². The summed E-state index contributed by atoms with van der Waals surface area (Å²) < 4.78 is 5.46. The molecule has 0 unspecified atom stereocenters. The average molecular weight is 435 g/mol. The van der Waals surface area contributed by atoms with Crippen LogP contribution in [0.15, 0.2) is 48.8 Å². The van der Waals surface area contributed by atoms with E-state index in [0.717, 1.165) is 16.2 Å². The summed E-state index contributed by atoms with van der Waals surface area (Å²) in [6.45, 7) is 0.433. The molecule has 0 bridgehead atoms.